The maximum atomic E-state index is 13.5. The smallest absolute Gasteiger partial charge is 0.146 e. The van der Waals surface area contributed by atoms with Crippen LogP contribution < -0.4 is 10.2 Å². The molecule has 1 unspecified atom stereocenters. The van der Waals surface area contributed by atoms with Gasteiger partial charge in [0.15, 0.2) is 0 Å². The second kappa shape index (κ2) is 6.97. The fraction of sp³-hybridized carbons (Fsp3) is 0.500. The maximum absolute atomic E-state index is 13.5. The zero-order chi connectivity index (χ0) is 13.5. The van der Waals surface area contributed by atoms with Crippen LogP contribution in [0.3, 0.4) is 0 Å². The van der Waals surface area contributed by atoms with E-state index < -0.39 is 0 Å². The van der Waals surface area contributed by atoms with Crippen LogP contribution in [0, 0.1) is 17.1 Å². The SMILES string of the molecule is CC(C)NC(C#N)CCN(C)c1ccccc1F. The minimum atomic E-state index is -0.231. The number of para-hydroxylation sites is 1. The molecule has 0 heterocycles. The molecule has 0 spiro atoms. The number of halogens is 1. The lowest BCUT2D eigenvalue weighted by Gasteiger charge is -2.22. The topological polar surface area (TPSA) is 39.1 Å². The molecule has 0 radical (unpaired) electrons. The van der Waals surface area contributed by atoms with Crippen LogP contribution in [0.1, 0.15) is 20.3 Å². The Morgan fingerprint density at radius 1 is 1.39 bits per heavy atom. The Morgan fingerprint density at radius 2 is 2.06 bits per heavy atom. The van der Waals surface area contributed by atoms with E-state index >= 15 is 0 Å². The first kappa shape index (κ1) is 14.5. The highest BCUT2D eigenvalue weighted by atomic mass is 19.1. The molecule has 3 nitrogen and oxygen atoms in total. The monoisotopic (exact) mass is 249 g/mol. The molecule has 18 heavy (non-hydrogen) atoms. The van der Waals surface area contributed by atoms with Crippen molar-refractivity contribution < 1.29 is 4.39 Å². The molecule has 0 aliphatic carbocycles. The largest absolute Gasteiger partial charge is 0.372 e. The van der Waals surface area contributed by atoms with Crippen molar-refractivity contribution in [2.45, 2.75) is 32.4 Å². The van der Waals surface area contributed by atoms with Gasteiger partial charge in [0.1, 0.15) is 5.82 Å². The van der Waals surface area contributed by atoms with Crippen LogP contribution in [-0.4, -0.2) is 25.7 Å². The van der Waals surface area contributed by atoms with Crippen molar-refractivity contribution in [2.24, 2.45) is 0 Å². The molecular formula is C14H20FN3. The van der Waals surface area contributed by atoms with E-state index in [4.69, 9.17) is 5.26 Å². The Bertz CT molecular complexity index is 412. The minimum absolute atomic E-state index is 0.195. The molecule has 0 aromatic heterocycles. The summed E-state index contributed by atoms with van der Waals surface area (Å²) in [6, 6.07) is 8.97. The van der Waals surface area contributed by atoms with E-state index in [1.165, 1.54) is 6.07 Å². The molecule has 1 N–H and O–H groups in total. The van der Waals surface area contributed by atoms with Gasteiger partial charge in [-0.3, -0.25) is 5.32 Å². The van der Waals surface area contributed by atoms with Crippen LogP contribution >= 0.6 is 0 Å². The number of hydrogen-bond donors (Lipinski definition) is 1. The number of nitrogens with one attached hydrogen (secondary N) is 1. The van der Waals surface area contributed by atoms with Gasteiger partial charge in [-0.25, -0.2) is 4.39 Å². The third kappa shape index (κ3) is 4.34. The lowest BCUT2D eigenvalue weighted by Crippen LogP contribution is -2.36. The number of rotatable bonds is 6. The Kier molecular flexibility index (Phi) is 5.60. The first-order valence-electron chi connectivity index (χ1n) is 6.16. The molecule has 1 atom stereocenters. The van der Waals surface area contributed by atoms with Crippen molar-refractivity contribution in [3.05, 3.63) is 30.1 Å². The summed E-state index contributed by atoms with van der Waals surface area (Å²) in [5.41, 5.74) is 0.568. The van der Waals surface area contributed by atoms with E-state index in [9.17, 15) is 4.39 Å². The normalized spacial score (nSPS) is 12.2. The number of anilines is 1. The molecule has 0 bridgehead atoms. The first-order chi connectivity index (χ1) is 8.54. The Balaban J connectivity index is 2.53. The van der Waals surface area contributed by atoms with Crippen LogP contribution in [0.4, 0.5) is 10.1 Å². The summed E-state index contributed by atoms with van der Waals surface area (Å²) in [4.78, 5) is 1.84. The van der Waals surface area contributed by atoms with E-state index in [0.29, 0.717) is 18.7 Å². The standard InChI is InChI=1S/C14H20FN3/c1-11(2)17-12(10-16)8-9-18(3)14-7-5-4-6-13(14)15/h4-7,11-12,17H,8-9H2,1-3H3. The lowest BCUT2D eigenvalue weighted by atomic mass is 10.2. The predicted octanol–water partition coefficient (Wildman–Crippen LogP) is 2.54. The zero-order valence-electron chi connectivity index (χ0n) is 11.2. The molecular weight excluding hydrogens is 229 g/mol. The highest BCUT2D eigenvalue weighted by Gasteiger charge is 2.11. The van der Waals surface area contributed by atoms with Crippen molar-refractivity contribution in [3.8, 4) is 6.07 Å². The number of benzene rings is 1. The summed E-state index contributed by atoms with van der Waals surface area (Å²) in [5.74, 6) is -0.231. The number of nitriles is 1. The third-order valence-corrected chi connectivity index (χ3v) is 2.71. The van der Waals surface area contributed by atoms with Crippen LogP contribution in [0.2, 0.25) is 0 Å². The van der Waals surface area contributed by atoms with E-state index in [1.54, 1.807) is 12.1 Å². The zero-order valence-corrected chi connectivity index (χ0v) is 11.2. The van der Waals surface area contributed by atoms with Gasteiger partial charge in [0.2, 0.25) is 0 Å². The van der Waals surface area contributed by atoms with Gasteiger partial charge in [-0.05, 0) is 32.4 Å². The highest BCUT2D eigenvalue weighted by Crippen LogP contribution is 2.17. The van der Waals surface area contributed by atoms with E-state index in [0.717, 1.165) is 0 Å². The molecule has 0 saturated heterocycles. The molecule has 4 heteroatoms. The van der Waals surface area contributed by atoms with Gasteiger partial charge in [0.05, 0.1) is 17.8 Å². The van der Waals surface area contributed by atoms with Gasteiger partial charge in [0, 0.05) is 19.6 Å². The van der Waals surface area contributed by atoms with Gasteiger partial charge in [0.25, 0.3) is 0 Å². The average Bonchev–Trinajstić information content (AvgIpc) is 2.34. The molecule has 0 aliphatic heterocycles. The van der Waals surface area contributed by atoms with Gasteiger partial charge < -0.3 is 4.90 Å². The quantitative estimate of drug-likeness (QED) is 0.842. The lowest BCUT2D eigenvalue weighted by molar-refractivity contribution is 0.505. The van der Waals surface area contributed by atoms with Crippen molar-refractivity contribution in [3.63, 3.8) is 0 Å². The fourth-order valence-electron chi connectivity index (χ4n) is 1.79. The number of hydrogen-bond acceptors (Lipinski definition) is 3. The van der Waals surface area contributed by atoms with Crippen molar-refractivity contribution in [1.82, 2.24) is 5.32 Å². The number of nitrogens with zero attached hydrogens (tertiary/aromatic N) is 2. The van der Waals surface area contributed by atoms with Crippen LogP contribution in [0.25, 0.3) is 0 Å². The average molecular weight is 249 g/mol. The molecule has 1 aromatic carbocycles. The molecule has 0 saturated carbocycles. The van der Waals surface area contributed by atoms with Gasteiger partial charge in [-0.1, -0.05) is 12.1 Å². The van der Waals surface area contributed by atoms with Crippen molar-refractivity contribution in [2.75, 3.05) is 18.5 Å². The Morgan fingerprint density at radius 3 is 2.61 bits per heavy atom. The van der Waals surface area contributed by atoms with Gasteiger partial charge >= 0.3 is 0 Å². The first-order valence-corrected chi connectivity index (χ1v) is 6.16. The van der Waals surface area contributed by atoms with Crippen molar-refractivity contribution >= 4 is 5.69 Å². The summed E-state index contributed by atoms with van der Waals surface area (Å²) < 4.78 is 13.5. The second-order valence-corrected chi connectivity index (χ2v) is 4.66. The summed E-state index contributed by atoms with van der Waals surface area (Å²) in [6.07, 6.45) is 0.666. The van der Waals surface area contributed by atoms with Crippen LogP contribution in [-0.2, 0) is 0 Å². The summed E-state index contributed by atoms with van der Waals surface area (Å²) >= 11 is 0. The van der Waals surface area contributed by atoms with E-state index in [1.807, 2.05) is 31.9 Å². The molecule has 98 valence electrons. The Hall–Kier alpha value is -1.60. The second-order valence-electron chi connectivity index (χ2n) is 4.66. The summed E-state index contributed by atoms with van der Waals surface area (Å²) in [7, 11) is 1.84. The predicted molar refractivity (Wildman–Crippen MR) is 72.0 cm³/mol. The fourth-order valence-corrected chi connectivity index (χ4v) is 1.79. The molecule has 0 amide bonds. The van der Waals surface area contributed by atoms with Gasteiger partial charge in [-0.2, -0.15) is 5.26 Å². The molecule has 1 aromatic rings. The minimum Gasteiger partial charge on any atom is -0.372 e. The van der Waals surface area contributed by atoms with Gasteiger partial charge in [-0.15, -0.1) is 0 Å². The van der Waals surface area contributed by atoms with Crippen molar-refractivity contribution in [1.29, 1.82) is 5.26 Å². The van der Waals surface area contributed by atoms with E-state index in [2.05, 4.69) is 11.4 Å². The maximum Gasteiger partial charge on any atom is 0.146 e. The molecule has 0 aliphatic rings. The Labute approximate surface area is 108 Å². The third-order valence-electron chi connectivity index (χ3n) is 2.71. The summed E-state index contributed by atoms with van der Waals surface area (Å²) in [6.45, 7) is 4.65. The highest BCUT2D eigenvalue weighted by molar-refractivity contribution is 5.46. The molecule has 1 rings (SSSR count). The van der Waals surface area contributed by atoms with Crippen LogP contribution in [0.15, 0.2) is 24.3 Å². The summed E-state index contributed by atoms with van der Waals surface area (Å²) in [5, 5.41) is 12.2. The van der Waals surface area contributed by atoms with Crippen LogP contribution in [0.5, 0.6) is 0 Å². The van der Waals surface area contributed by atoms with E-state index in [-0.39, 0.29) is 17.9 Å². The molecule has 0 fully saturated rings.